The molecular formula is C30H39N9O4. The van der Waals surface area contributed by atoms with Crippen molar-refractivity contribution in [2.45, 2.75) is 19.8 Å². The molecule has 0 bridgehead atoms. The molecule has 5 N–H and O–H groups in total. The van der Waals surface area contributed by atoms with Crippen molar-refractivity contribution in [2.24, 2.45) is 0 Å². The molecule has 0 aliphatic carbocycles. The fraction of sp³-hybridized carbons (Fsp3) is 0.333. The van der Waals surface area contributed by atoms with Gasteiger partial charge in [-0.2, -0.15) is 4.98 Å². The van der Waals surface area contributed by atoms with E-state index in [2.05, 4.69) is 41.5 Å². The smallest absolute Gasteiger partial charge is 0.260 e. The molecule has 2 heterocycles. The number of carbonyl (C=O) groups excluding carboxylic acids is 3. The zero-order chi connectivity index (χ0) is 31.0. The van der Waals surface area contributed by atoms with Gasteiger partial charge in [0.2, 0.25) is 17.8 Å². The van der Waals surface area contributed by atoms with Gasteiger partial charge in [0, 0.05) is 50.0 Å². The van der Waals surface area contributed by atoms with E-state index in [1.807, 2.05) is 38.1 Å². The number of ether oxygens (including phenoxy) is 1. The van der Waals surface area contributed by atoms with Gasteiger partial charge in [-0.15, -0.1) is 0 Å². The maximum absolute atomic E-state index is 13.3. The number of methoxy groups -OCH3 is 1. The van der Waals surface area contributed by atoms with Crippen LogP contribution in [0.5, 0.6) is 5.75 Å². The summed E-state index contributed by atoms with van der Waals surface area (Å²) in [5.74, 6) is -0.0742. The number of hydrogen-bond donors (Lipinski definition) is 5. The molecule has 0 saturated carbocycles. The molecule has 3 rings (SSSR count). The molecule has 2 aromatic heterocycles. The van der Waals surface area contributed by atoms with Crippen molar-refractivity contribution in [3.05, 3.63) is 72.2 Å². The average Bonchev–Trinajstić information content (AvgIpc) is 2.99. The third-order valence-electron chi connectivity index (χ3n) is 5.92. The summed E-state index contributed by atoms with van der Waals surface area (Å²) in [4.78, 5) is 52.5. The van der Waals surface area contributed by atoms with Gasteiger partial charge in [0.15, 0.2) is 0 Å². The Morgan fingerprint density at radius 2 is 1.81 bits per heavy atom. The van der Waals surface area contributed by atoms with Crippen LogP contribution in [0.4, 0.5) is 23.1 Å². The Morgan fingerprint density at radius 3 is 2.53 bits per heavy atom. The number of amides is 3. The van der Waals surface area contributed by atoms with Crippen LogP contribution in [0.2, 0.25) is 0 Å². The molecule has 3 aromatic rings. The fourth-order valence-electron chi connectivity index (χ4n) is 3.75. The number of nitrogens with zero attached hydrogens (tertiary/aromatic N) is 4. The van der Waals surface area contributed by atoms with Crippen LogP contribution in [0.1, 0.15) is 29.3 Å². The predicted molar refractivity (Wildman–Crippen MR) is 168 cm³/mol. The molecule has 0 atom stereocenters. The first-order valence-corrected chi connectivity index (χ1v) is 13.9. The van der Waals surface area contributed by atoms with E-state index >= 15 is 0 Å². The van der Waals surface area contributed by atoms with Crippen LogP contribution in [0, 0.1) is 0 Å². The first-order chi connectivity index (χ1) is 20.8. The zero-order valence-electron chi connectivity index (χ0n) is 24.9. The van der Waals surface area contributed by atoms with Gasteiger partial charge in [0.25, 0.3) is 5.91 Å². The largest absolute Gasteiger partial charge is 0.495 e. The van der Waals surface area contributed by atoms with Crippen molar-refractivity contribution in [3.63, 3.8) is 0 Å². The highest BCUT2D eigenvalue weighted by Gasteiger charge is 2.17. The monoisotopic (exact) mass is 589 g/mol. The predicted octanol–water partition coefficient (Wildman–Crippen LogP) is 2.78. The normalized spacial score (nSPS) is 10.8. The van der Waals surface area contributed by atoms with Crippen molar-refractivity contribution in [3.8, 4) is 5.75 Å². The highest BCUT2D eigenvalue weighted by Crippen LogP contribution is 2.28. The molecule has 43 heavy (non-hydrogen) atoms. The molecule has 3 amide bonds. The van der Waals surface area contributed by atoms with E-state index in [-0.39, 0.29) is 18.0 Å². The molecule has 0 saturated heterocycles. The van der Waals surface area contributed by atoms with Gasteiger partial charge in [-0.1, -0.05) is 13.0 Å². The first-order valence-electron chi connectivity index (χ1n) is 13.9. The summed E-state index contributed by atoms with van der Waals surface area (Å²) in [5, 5.41) is 14.5. The minimum Gasteiger partial charge on any atom is -0.495 e. The van der Waals surface area contributed by atoms with Crippen LogP contribution in [0.25, 0.3) is 0 Å². The molecule has 228 valence electrons. The van der Waals surface area contributed by atoms with Crippen LogP contribution in [-0.4, -0.2) is 85.0 Å². The molecule has 13 nitrogen and oxygen atoms in total. The van der Waals surface area contributed by atoms with E-state index < -0.39 is 11.8 Å². The Bertz CT molecular complexity index is 1400. The number of nitrogens with one attached hydrogen (secondary N) is 5. The molecule has 0 aliphatic rings. The third kappa shape index (κ3) is 11.0. The second-order valence-electron chi connectivity index (χ2n) is 9.71. The van der Waals surface area contributed by atoms with Gasteiger partial charge >= 0.3 is 0 Å². The number of carbonyl (C=O) groups is 3. The second-order valence-corrected chi connectivity index (χ2v) is 9.71. The highest BCUT2D eigenvalue weighted by molar-refractivity contribution is 6.08. The van der Waals surface area contributed by atoms with E-state index in [0.29, 0.717) is 48.5 Å². The number of aromatic nitrogens is 3. The van der Waals surface area contributed by atoms with Crippen LogP contribution in [0.15, 0.2) is 61.1 Å². The van der Waals surface area contributed by atoms with E-state index in [4.69, 9.17) is 4.74 Å². The number of rotatable bonds is 16. The summed E-state index contributed by atoms with van der Waals surface area (Å²) in [6.07, 6.45) is 9.65. The van der Waals surface area contributed by atoms with E-state index in [9.17, 15) is 14.4 Å². The number of anilines is 4. The minimum atomic E-state index is -0.456. The van der Waals surface area contributed by atoms with E-state index in [1.54, 1.807) is 36.7 Å². The SMILES string of the molecule is CCCNc1nc(NCCc2ccncc2)ncc1C(=O)Nc1ccc(OC)c(NC(=O)CNC(=O)/C=C/CN(C)C)c1. The Morgan fingerprint density at radius 1 is 1.02 bits per heavy atom. The number of likely N-dealkylation sites (N-methyl/N-ethyl adjacent to an activating group) is 1. The number of pyridine rings is 1. The topological polar surface area (TPSA) is 163 Å². The fourth-order valence-corrected chi connectivity index (χ4v) is 3.75. The molecule has 13 heteroatoms. The number of benzene rings is 1. The van der Waals surface area contributed by atoms with Gasteiger partial charge in [0.1, 0.15) is 17.1 Å². The van der Waals surface area contributed by atoms with Crippen molar-refractivity contribution in [1.82, 2.24) is 25.2 Å². The lowest BCUT2D eigenvalue weighted by molar-refractivity contribution is -0.121. The van der Waals surface area contributed by atoms with Gasteiger partial charge < -0.3 is 36.2 Å². The van der Waals surface area contributed by atoms with E-state index in [1.165, 1.54) is 19.4 Å². The van der Waals surface area contributed by atoms with Crippen LogP contribution in [0.3, 0.4) is 0 Å². The molecule has 1 aromatic carbocycles. The number of hydrogen-bond acceptors (Lipinski definition) is 10. The van der Waals surface area contributed by atoms with Crippen molar-refractivity contribution in [2.75, 3.05) is 68.7 Å². The molecule has 0 spiro atoms. The molecule has 0 fully saturated rings. The van der Waals surface area contributed by atoms with Crippen LogP contribution >= 0.6 is 0 Å². The summed E-state index contributed by atoms with van der Waals surface area (Å²) in [7, 11) is 5.24. The molecule has 0 radical (unpaired) electrons. The summed E-state index contributed by atoms with van der Waals surface area (Å²) in [6, 6.07) is 8.74. The molecule has 0 aliphatic heterocycles. The quantitative estimate of drug-likeness (QED) is 0.157. The van der Waals surface area contributed by atoms with Gasteiger partial charge in [0.05, 0.1) is 19.3 Å². The summed E-state index contributed by atoms with van der Waals surface area (Å²) in [5.41, 5.74) is 2.14. The van der Waals surface area contributed by atoms with E-state index in [0.717, 1.165) is 18.4 Å². The second kappa shape index (κ2) is 17.0. The van der Waals surface area contributed by atoms with Gasteiger partial charge in [-0.25, -0.2) is 4.98 Å². The van der Waals surface area contributed by atoms with Gasteiger partial charge in [-0.3, -0.25) is 19.4 Å². The van der Waals surface area contributed by atoms with Crippen molar-refractivity contribution >= 4 is 40.9 Å². The van der Waals surface area contributed by atoms with Crippen molar-refractivity contribution < 1.29 is 19.1 Å². The maximum atomic E-state index is 13.3. The summed E-state index contributed by atoms with van der Waals surface area (Å²) in [6.45, 7) is 3.61. The average molecular weight is 590 g/mol. The molecule has 0 unspecified atom stereocenters. The minimum absolute atomic E-state index is 0.238. The van der Waals surface area contributed by atoms with Crippen LogP contribution < -0.4 is 31.3 Å². The Hall–Kier alpha value is -5.04. The zero-order valence-corrected chi connectivity index (χ0v) is 24.9. The summed E-state index contributed by atoms with van der Waals surface area (Å²) >= 11 is 0. The first kappa shape index (κ1) is 32.5. The highest BCUT2D eigenvalue weighted by atomic mass is 16.5. The third-order valence-corrected chi connectivity index (χ3v) is 5.92. The Balaban J connectivity index is 1.65. The lowest BCUT2D eigenvalue weighted by atomic mass is 10.2. The standard InChI is InChI=1S/C30H39N9O4/c1-5-13-32-28-23(19-35-30(38-28)33-16-12-21-10-14-31-15-11-21)29(42)36-22-8-9-25(43-4)24(18-22)37-27(41)20-34-26(40)7-6-17-39(2)3/h6-11,14-15,18-19H,5,12-13,16-17,20H2,1-4H3,(H,34,40)(H,36,42)(H,37,41)(H2,32,33,35,38)/b7-6+. The van der Waals surface area contributed by atoms with Gasteiger partial charge in [-0.05, 0) is 62.8 Å². The van der Waals surface area contributed by atoms with Crippen LogP contribution in [-0.2, 0) is 16.0 Å². The lowest BCUT2D eigenvalue weighted by Gasteiger charge is -2.15. The maximum Gasteiger partial charge on any atom is 0.260 e. The Kier molecular flexibility index (Phi) is 12.9. The lowest BCUT2D eigenvalue weighted by Crippen LogP contribution is -2.32. The summed E-state index contributed by atoms with van der Waals surface area (Å²) < 4.78 is 5.36. The van der Waals surface area contributed by atoms with Crippen molar-refractivity contribution in [1.29, 1.82) is 0 Å². The Labute approximate surface area is 251 Å². The molecular weight excluding hydrogens is 550 g/mol.